The van der Waals surface area contributed by atoms with Crippen molar-refractivity contribution in [2.75, 3.05) is 11.5 Å². The number of carbonyl (C=O) groups excluding carboxylic acids is 2. The lowest BCUT2D eigenvalue weighted by Gasteiger charge is -2.23. The highest BCUT2D eigenvalue weighted by atomic mass is 32.1. The third-order valence-electron chi connectivity index (χ3n) is 5.93. The second-order valence-corrected chi connectivity index (χ2v) is 9.30. The Morgan fingerprint density at radius 3 is 2.56 bits per heavy atom. The number of aliphatic hydroxyl groups is 1. The number of Topliss-reactive ketones (excluding diaryl/α,β-unsaturated/α-hetero) is 1. The summed E-state index contributed by atoms with van der Waals surface area (Å²) < 4.78 is 5.82. The van der Waals surface area contributed by atoms with Gasteiger partial charge in [-0.1, -0.05) is 49.6 Å². The fourth-order valence-electron chi connectivity index (χ4n) is 4.10. The molecular formula is C27H28N2O4S. The first-order valence-electron chi connectivity index (χ1n) is 11.4. The molecule has 176 valence electrons. The molecule has 1 amide bonds. The molecule has 34 heavy (non-hydrogen) atoms. The van der Waals surface area contributed by atoms with Gasteiger partial charge in [0, 0.05) is 17.1 Å². The van der Waals surface area contributed by atoms with Crippen molar-refractivity contribution in [2.24, 2.45) is 0 Å². The minimum atomic E-state index is -0.791. The third kappa shape index (κ3) is 4.61. The van der Waals surface area contributed by atoms with Gasteiger partial charge in [0.05, 0.1) is 18.2 Å². The number of ketones is 1. The van der Waals surface area contributed by atoms with Gasteiger partial charge in [-0.15, -0.1) is 11.3 Å². The molecule has 1 aliphatic heterocycles. The van der Waals surface area contributed by atoms with Crippen LogP contribution in [0.4, 0.5) is 5.13 Å². The number of hydrogen-bond acceptors (Lipinski definition) is 6. The number of anilines is 1. The predicted molar refractivity (Wildman–Crippen MR) is 134 cm³/mol. The standard InChI is InChI=1S/C27H28N2O4S/c1-4-5-6-14-33-20-11-9-19(10-12-20)23-22(24(30)21-16-17(2)7-8-18(21)3)25(31)26(32)29(23)27-28-13-15-34-27/h7-13,15-16,23,30H,4-6,14H2,1-3H3/b24-22+. The second-order valence-electron chi connectivity index (χ2n) is 8.43. The van der Waals surface area contributed by atoms with Crippen molar-refractivity contribution < 1.29 is 19.4 Å². The lowest BCUT2D eigenvalue weighted by Crippen LogP contribution is -2.29. The summed E-state index contributed by atoms with van der Waals surface area (Å²) in [5.41, 5.74) is 3.06. The quantitative estimate of drug-likeness (QED) is 0.188. The van der Waals surface area contributed by atoms with Crippen molar-refractivity contribution in [3.63, 3.8) is 0 Å². The summed E-state index contributed by atoms with van der Waals surface area (Å²) >= 11 is 1.27. The zero-order chi connectivity index (χ0) is 24.2. The zero-order valence-corrected chi connectivity index (χ0v) is 20.4. The van der Waals surface area contributed by atoms with E-state index in [9.17, 15) is 14.7 Å². The molecule has 2 aromatic carbocycles. The van der Waals surface area contributed by atoms with Crippen LogP contribution in [0.3, 0.4) is 0 Å². The molecule has 6 nitrogen and oxygen atoms in total. The fraction of sp³-hybridized carbons (Fsp3) is 0.296. The summed E-state index contributed by atoms with van der Waals surface area (Å²) in [5, 5.41) is 13.5. The number of rotatable bonds is 8. The van der Waals surface area contributed by atoms with E-state index in [0.717, 1.165) is 36.1 Å². The summed E-state index contributed by atoms with van der Waals surface area (Å²) in [4.78, 5) is 32.0. The highest BCUT2D eigenvalue weighted by Gasteiger charge is 2.48. The molecule has 0 spiro atoms. The van der Waals surface area contributed by atoms with Crippen LogP contribution in [0.25, 0.3) is 5.76 Å². The minimum Gasteiger partial charge on any atom is -0.507 e. The highest BCUT2D eigenvalue weighted by Crippen LogP contribution is 2.43. The molecule has 4 rings (SSSR count). The smallest absolute Gasteiger partial charge is 0.301 e. The van der Waals surface area contributed by atoms with Crippen molar-refractivity contribution in [1.29, 1.82) is 0 Å². The summed E-state index contributed by atoms with van der Waals surface area (Å²) in [6.45, 7) is 6.57. The van der Waals surface area contributed by atoms with Crippen molar-refractivity contribution in [2.45, 2.75) is 46.1 Å². The van der Waals surface area contributed by atoms with Gasteiger partial charge in [0.1, 0.15) is 11.5 Å². The van der Waals surface area contributed by atoms with Crippen LogP contribution in [0.1, 0.15) is 54.5 Å². The fourth-order valence-corrected chi connectivity index (χ4v) is 4.77. The number of carbonyl (C=O) groups is 2. The first-order valence-corrected chi connectivity index (χ1v) is 12.3. The van der Waals surface area contributed by atoms with Gasteiger partial charge in [0.15, 0.2) is 5.13 Å². The van der Waals surface area contributed by atoms with E-state index in [2.05, 4.69) is 11.9 Å². The molecule has 2 heterocycles. The van der Waals surface area contributed by atoms with Crippen LogP contribution in [0.15, 0.2) is 59.6 Å². The van der Waals surface area contributed by atoms with E-state index in [1.54, 1.807) is 11.6 Å². The Morgan fingerprint density at radius 2 is 1.88 bits per heavy atom. The molecule has 3 aromatic rings. The van der Waals surface area contributed by atoms with E-state index in [1.165, 1.54) is 16.2 Å². The van der Waals surface area contributed by atoms with Crippen molar-refractivity contribution in [3.05, 3.63) is 81.9 Å². The van der Waals surface area contributed by atoms with Crippen molar-refractivity contribution in [3.8, 4) is 5.75 Å². The number of aliphatic hydroxyl groups excluding tert-OH is 1. The SMILES string of the molecule is CCCCCOc1ccc(C2/C(=C(\O)c3cc(C)ccc3C)C(=O)C(=O)N2c2nccs2)cc1. The molecule has 1 saturated heterocycles. The Kier molecular flexibility index (Phi) is 7.12. The number of aromatic nitrogens is 1. The van der Waals surface area contributed by atoms with Gasteiger partial charge in [-0.3, -0.25) is 14.5 Å². The second kappa shape index (κ2) is 10.2. The molecule has 0 aliphatic carbocycles. The maximum Gasteiger partial charge on any atom is 0.301 e. The molecule has 0 bridgehead atoms. The lowest BCUT2D eigenvalue weighted by molar-refractivity contribution is -0.132. The summed E-state index contributed by atoms with van der Waals surface area (Å²) in [5.74, 6) is -0.880. The van der Waals surface area contributed by atoms with Gasteiger partial charge < -0.3 is 9.84 Å². The molecule has 1 aliphatic rings. The van der Waals surface area contributed by atoms with Crippen LogP contribution in [-0.4, -0.2) is 28.4 Å². The van der Waals surface area contributed by atoms with E-state index >= 15 is 0 Å². The lowest BCUT2D eigenvalue weighted by atomic mass is 9.93. The van der Waals surface area contributed by atoms with Crippen LogP contribution < -0.4 is 9.64 Å². The summed E-state index contributed by atoms with van der Waals surface area (Å²) in [6.07, 6.45) is 4.81. The molecule has 1 fully saturated rings. The molecule has 1 unspecified atom stereocenters. The van der Waals surface area contributed by atoms with Gasteiger partial charge in [-0.2, -0.15) is 0 Å². The normalized spacial score (nSPS) is 17.4. The number of benzene rings is 2. The minimum absolute atomic E-state index is 0.0607. The summed E-state index contributed by atoms with van der Waals surface area (Å²) in [7, 11) is 0. The molecule has 1 aromatic heterocycles. The molecule has 0 saturated carbocycles. The van der Waals surface area contributed by atoms with E-state index in [-0.39, 0.29) is 11.3 Å². The van der Waals surface area contributed by atoms with Crippen molar-refractivity contribution in [1.82, 2.24) is 4.98 Å². The van der Waals surface area contributed by atoms with Gasteiger partial charge in [0.2, 0.25) is 0 Å². The highest BCUT2D eigenvalue weighted by molar-refractivity contribution is 7.14. The largest absolute Gasteiger partial charge is 0.507 e. The van der Waals surface area contributed by atoms with Crippen molar-refractivity contribution >= 4 is 33.9 Å². The first-order chi connectivity index (χ1) is 16.4. The number of nitrogens with zero attached hydrogens (tertiary/aromatic N) is 2. The van der Waals surface area contributed by atoms with E-state index in [0.29, 0.717) is 22.9 Å². The topological polar surface area (TPSA) is 79.7 Å². The average molecular weight is 477 g/mol. The van der Waals surface area contributed by atoms with Crippen LogP contribution >= 0.6 is 11.3 Å². The monoisotopic (exact) mass is 476 g/mol. The molecule has 7 heteroatoms. The molecule has 0 radical (unpaired) electrons. The zero-order valence-electron chi connectivity index (χ0n) is 19.6. The molecule has 1 atom stereocenters. The van der Waals surface area contributed by atoms with Gasteiger partial charge in [-0.05, 0) is 49.6 Å². The van der Waals surface area contributed by atoms with E-state index < -0.39 is 17.7 Å². The Hall–Kier alpha value is -3.45. The third-order valence-corrected chi connectivity index (χ3v) is 6.70. The van der Waals surface area contributed by atoms with E-state index in [4.69, 9.17) is 4.74 Å². The number of thiazole rings is 1. The maximum atomic E-state index is 13.2. The van der Waals surface area contributed by atoms with Gasteiger partial charge in [0.25, 0.3) is 5.78 Å². The summed E-state index contributed by atoms with van der Waals surface area (Å²) in [6, 6.07) is 12.2. The Morgan fingerprint density at radius 1 is 1.12 bits per heavy atom. The number of amides is 1. The predicted octanol–water partition coefficient (Wildman–Crippen LogP) is 5.96. The Labute approximate surface area is 203 Å². The maximum absolute atomic E-state index is 13.2. The molecule has 1 N–H and O–H groups in total. The van der Waals surface area contributed by atoms with Crippen LogP contribution in [0.2, 0.25) is 0 Å². The van der Waals surface area contributed by atoms with Crippen LogP contribution in [-0.2, 0) is 9.59 Å². The van der Waals surface area contributed by atoms with Crippen LogP contribution in [0, 0.1) is 13.8 Å². The number of hydrogen-bond donors (Lipinski definition) is 1. The van der Waals surface area contributed by atoms with Gasteiger partial charge >= 0.3 is 5.91 Å². The van der Waals surface area contributed by atoms with E-state index in [1.807, 2.05) is 56.3 Å². The number of ether oxygens (including phenoxy) is 1. The number of unbranched alkanes of at least 4 members (excludes halogenated alkanes) is 2. The Bertz CT molecular complexity index is 1220. The molecular weight excluding hydrogens is 448 g/mol. The first kappa shape index (κ1) is 23.7. The van der Waals surface area contributed by atoms with Crippen LogP contribution in [0.5, 0.6) is 5.75 Å². The Balaban J connectivity index is 1.78. The van der Waals surface area contributed by atoms with Gasteiger partial charge in [-0.25, -0.2) is 4.98 Å². The average Bonchev–Trinajstić information content (AvgIpc) is 3.45. The number of aryl methyl sites for hydroxylation is 2.